The standard InChI is InChI=1S/C17H28N8.HI/c1-5-18-17(19-10-15-12(2)23-24(4)13(15)3)25-8-6-14(7-9-25)16-20-11-21-22-16;/h11,14H,5-10H2,1-4H3,(H,18,19)(H,20,21,22);1H. The maximum atomic E-state index is 4.87. The van der Waals surface area contributed by atoms with Gasteiger partial charge >= 0.3 is 0 Å². The van der Waals surface area contributed by atoms with Gasteiger partial charge in [0.05, 0.1) is 12.2 Å². The Kier molecular flexibility index (Phi) is 7.42. The quantitative estimate of drug-likeness (QED) is 0.405. The fourth-order valence-electron chi connectivity index (χ4n) is 3.40. The van der Waals surface area contributed by atoms with Crippen LogP contribution in [0.1, 0.15) is 48.5 Å². The van der Waals surface area contributed by atoms with Crippen molar-refractivity contribution in [1.29, 1.82) is 0 Å². The van der Waals surface area contributed by atoms with Crippen LogP contribution in [-0.4, -0.2) is 55.5 Å². The number of piperidine rings is 1. The minimum absolute atomic E-state index is 0. The lowest BCUT2D eigenvalue weighted by molar-refractivity contribution is 0.299. The van der Waals surface area contributed by atoms with E-state index in [-0.39, 0.29) is 24.0 Å². The van der Waals surface area contributed by atoms with Crippen molar-refractivity contribution in [2.24, 2.45) is 12.0 Å². The lowest BCUT2D eigenvalue weighted by Gasteiger charge is -2.33. The molecule has 1 saturated heterocycles. The molecule has 2 aromatic rings. The van der Waals surface area contributed by atoms with Gasteiger partial charge in [-0.3, -0.25) is 9.78 Å². The highest BCUT2D eigenvalue weighted by molar-refractivity contribution is 14.0. The molecule has 1 aliphatic rings. The first kappa shape index (κ1) is 20.7. The van der Waals surface area contributed by atoms with Crippen molar-refractivity contribution >= 4 is 29.9 Å². The Morgan fingerprint density at radius 2 is 2.08 bits per heavy atom. The normalized spacial score (nSPS) is 15.8. The van der Waals surface area contributed by atoms with E-state index in [9.17, 15) is 0 Å². The molecule has 0 aromatic carbocycles. The third-order valence-electron chi connectivity index (χ3n) is 5.00. The second kappa shape index (κ2) is 9.33. The molecule has 8 nitrogen and oxygen atoms in total. The summed E-state index contributed by atoms with van der Waals surface area (Å²) in [5, 5.41) is 14.9. The van der Waals surface area contributed by atoms with E-state index in [1.165, 1.54) is 11.3 Å². The summed E-state index contributed by atoms with van der Waals surface area (Å²) in [6, 6.07) is 0. The van der Waals surface area contributed by atoms with E-state index in [4.69, 9.17) is 4.99 Å². The lowest BCUT2D eigenvalue weighted by Crippen LogP contribution is -2.45. The molecule has 0 amide bonds. The summed E-state index contributed by atoms with van der Waals surface area (Å²) in [4.78, 5) is 11.5. The lowest BCUT2D eigenvalue weighted by atomic mass is 9.96. The summed E-state index contributed by atoms with van der Waals surface area (Å²) in [6.07, 6.45) is 3.71. The van der Waals surface area contributed by atoms with Gasteiger partial charge in [-0.25, -0.2) is 9.98 Å². The van der Waals surface area contributed by atoms with E-state index in [1.807, 2.05) is 18.7 Å². The van der Waals surface area contributed by atoms with Crippen LogP contribution >= 0.6 is 24.0 Å². The zero-order chi connectivity index (χ0) is 17.8. The third-order valence-corrected chi connectivity index (χ3v) is 5.00. The fraction of sp³-hybridized carbons (Fsp3) is 0.647. The van der Waals surface area contributed by atoms with Crippen LogP contribution < -0.4 is 5.32 Å². The van der Waals surface area contributed by atoms with Gasteiger partial charge in [-0.05, 0) is 33.6 Å². The Hall–Kier alpha value is -1.65. The van der Waals surface area contributed by atoms with E-state index in [2.05, 4.69) is 44.3 Å². The van der Waals surface area contributed by atoms with Gasteiger partial charge in [-0.2, -0.15) is 10.2 Å². The number of aryl methyl sites for hydroxylation is 2. The Balaban J connectivity index is 0.00000243. The fourth-order valence-corrected chi connectivity index (χ4v) is 3.40. The summed E-state index contributed by atoms with van der Waals surface area (Å²) in [5.41, 5.74) is 3.46. The first-order chi connectivity index (χ1) is 12.1. The molecule has 0 unspecified atom stereocenters. The number of hydrogen-bond donors (Lipinski definition) is 2. The number of halogens is 1. The summed E-state index contributed by atoms with van der Waals surface area (Å²) in [7, 11) is 1.98. The van der Waals surface area contributed by atoms with Crippen LogP contribution in [0.5, 0.6) is 0 Å². The van der Waals surface area contributed by atoms with Crippen LogP contribution in [0.15, 0.2) is 11.3 Å². The Labute approximate surface area is 171 Å². The number of aromatic nitrogens is 5. The van der Waals surface area contributed by atoms with Gasteiger partial charge in [-0.15, -0.1) is 24.0 Å². The van der Waals surface area contributed by atoms with Gasteiger partial charge in [0.1, 0.15) is 12.2 Å². The van der Waals surface area contributed by atoms with E-state index >= 15 is 0 Å². The predicted octanol–water partition coefficient (Wildman–Crippen LogP) is 2.12. The molecule has 2 N–H and O–H groups in total. The molecular formula is C17H29IN8. The second-order valence-corrected chi connectivity index (χ2v) is 6.58. The van der Waals surface area contributed by atoms with Gasteiger partial charge < -0.3 is 10.2 Å². The average molecular weight is 472 g/mol. The topological polar surface area (TPSA) is 87.0 Å². The van der Waals surface area contributed by atoms with Gasteiger partial charge in [0.2, 0.25) is 0 Å². The summed E-state index contributed by atoms with van der Waals surface area (Å²) in [6.45, 7) is 9.73. The SMILES string of the molecule is CCNC(=NCc1c(C)nn(C)c1C)N1CCC(c2ncn[nH]2)CC1.I. The van der Waals surface area contributed by atoms with Gasteiger partial charge in [-0.1, -0.05) is 0 Å². The number of nitrogens with zero attached hydrogens (tertiary/aromatic N) is 6. The van der Waals surface area contributed by atoms with E-state index < -0.39 is 0 Å². The Bertz CT molecular complexity index is 713. The van der Waals surface area contributed by atoms with Crippen LogP contribution in [0, 0.1) is 13.8 Å². The van der Waals surface area contributed by atoms with E-state index in [0.717, 1.165) is 50.0 Å². The largest absolute Gasteiger partial charge is 0.357 e. The van der Waals surface area contributed by atoms with Crippen molar-refractivity contribution in [2.45, 2.75) is 46.1 Å². The number of nitrogens with one attached hydrogen (secondary N) is 2. The third kappa shape index (κ3) is 4.54. The minimum atomic E-state index is 0. The zero-order valence-electron chi connectivity index (χ0n) is 16.0. The van der Waals surface area contributed by atoms with Crippen LogP contribution in [0.25, 0.3) is 0 Å². The molecule has 1 aliphatic heterocycles. The molecule has 9 heteroatoms. The van der Waals surface area contributed by atoms with Gasteiger partial charge in [0, 0.05) is 43.9 Å². The number of H-pyrrole nitrogens is 1. The number of rotatable bonds is 4. The van der Waals surface area contributed by atoms with Crippen LogP contribution in [0.3, 0.4) is 0 Å². The first-order valence-corrected chi connectivity index (χ1v) is 8.97. The second-order valence-electron chi connectivity index (χ2n) is 6.58. The number of likely N-dealkylation sites (tertiary alicyclic amines) is 1. The molecule has 144 valence electrons. The molecule has 0 spiro atoms. The van der Waals surface area contributed by atoms with Crippen LogP contribution in [-0.2, 0) is 13.6 Å². The number of aliphatic imine (C=N–C) groups is 1. The maximum Gasteiger partial charge on any atom is 0.194 e. The molecule has 2 aromatic heterocycles. The zero-order valence-corrected chi connectivity index (χ0v) is 18.3. The minimum Gasteiger partial charge on any atom is -0.357 e. The van der Waals surface area contributed by atoms with Crippen molar-refractivity contribution in [3.63, 3.8) is 0 Å². The van der Waals surface area contributed by atoms with Crippen molar-refractivity contribution < 1.29 is 0 Å². The summed E-state index contributed by atoms with van der Waals surface area (Å²) in [5.74, 6) is 2.45. The average Bonchev–Trinajstić information content (AvgIpc) is 3.22. The highest BCUT2D eigenvalue weighted by Crippen LogP contribution is 2.25. The van der Waals surface area contributed by atoms with Crippen LogP contribution in [0.2, 0.25) is 0 Å². The molecule has 0 atom stereocenters. The molecule has 0 aliphatic carbocycles. The summed E-state index contributed by atoms with van der Waals surface area (Å²) < 4.78 is 1.93. The molecule has 1 fully saturated rings. The molecular weight excluding hydrogens is 443 g/mol. The van der Waals surface area contributed by atoms with Crippen LogP contribution in [0.4, 0.5) is 0 Å². The van der Waals surface area contributed by atoms with Gasteiger partial charge in [0.25, 0.3) is 0 Å². The highest BCUT2D eigenvalue weighted by atomic mass is 127. The molecule has 0 radical (unpaired) electrons. The molecule has 3 heterocycles. The number of guanidine groups is 1. The smallest absolute Gasteiger partial charge is 0.194 e. The van der Waals surface area contributed by atoms with E-state index in [1.54, 1.807) is 6.33 Å². The molecule has 0 saturated carbocycles. The summed E-state index contributed by atoms with van der Waals surface area (Å²) >= 11 is 0. The molecule has 3 rings (SSSR count). The van der Waals surface area contributed by atoms with Crippen molar-refractivity contribution in [3.05, 3.63) is 29.1 Å². The first-order valence-electron chi connectivity index (χ1n) is 8.97. The Morgan fingerprint density at radius 3 is 2.62 bits per heavy atom. The molecule has 0 bridgehead atoms. The maximum absolute atomic E-state index is 4.87. The predicted molar refractivity (Wildman–Crippen MR) is 113 cm³/mol. The number of hydrogen-bond acceptors (Lipinski definition) is 4. The van der Waals surface area contributed by atoms with Crippen molar-refractivity contribution in [2.75, 3.05) is 19.6 Å². The van der Waals surface area contributed by atoms with E-state index in [0.29, 0.717) is 12.5 Å². The monoisotopic (exact) mass is 472 g/mol. The highest BCUT2D eigenvalue weighted by Gasteiger charge is 2.24. The Morgan fingerprint density at radius 1 is 1.35 bits per heavy atom. The van der Waals surface area contributed by atoms with Crippen molar-refractivity contribution in [1.82, 2.24) is 35.2 Å². The van der Waals surface area contributed by atoms with Crippen molar-refractivity contribution in [3.8, 4) is 0 Å². The number of aromatic amines is 1. The van der Waals surface area contributed by atoms with Gasteiger partial charge in [0.15, 0.2) is 5.96 Å². The molecule has 26 heavy (non-hydrogen) atoms.